The molecule has 0 bridgehead atoms. The summed E-state index contributed by atoms with van der Waals surface area (Å²) >= 11 is 1.65. The summed E-state index contributed by atoms with van der Waals surface area (Å²) in [5.74, 6) is 0. The average Bonchev–Trinajstić information content (AvgIpc) is 2.91. The van der Waals surface area contributed by atoms with E-state index in [0.717, 1.165) is 19.0 Å². The Morgan fingerprint density at radius 3 is 2.70 bits per heavy atom. The number of alkyl halides is 3. The van der Waals surface area contributed by atoms with Crippen LogP contribution in [0.15, 0.2) is 41.1 Å². The van der Waals surface area contributed by atoms with Crippen LogP contribution in [0.5, 0.6) is 0 Å². The Hall–Kier alpha value is -1.33. The van der Waals surface area contributed by atoms with Crippen molar-refractivity contribution in [3.8, 4) is 0 Å². The first-order valence-electron chi connectivity index (χ1n) is 6.38. The van der Waals surface area contributed by atoms with E-state index >= 15 is 0 Å². The molecule has 0 amide bonds. The van der Waals surface area contributed by atoms with Gasteiger partial charge in [-0.05, 0) is 60.0 Å². The van der Waals surface area contributed by atoms with Gasteiger partial charge in [0.2, 0.25) is 0 Å². The van der Waals surface area contributed by atoms with Crippen LogP contribution in [0.2, 0.25) is 0 Å². The molecular formula is C15H16F3NS. The Bertz CT molecular complexity index is 534. The largest absolute Gasteiger partial charge is 0.416 e. The molecule has 1 heterocycles. The fraction of sp³-hybridized carbons (Fsp3) is 0.333. The number of hydrogen-bond donors (Lipinski definition) is 1. The van der Waals surface area contributed by atoms with Gasteiger partial charge in [0.1, 0.15) is 0 Å². The van der Waals surface area contributed by atoms with Crippen molar-refractivity contribution in [2.45, 2.75) is 25.6 Å². The van der Waals surface area contributed by atoms with E-state index in [1.807, 2.05) is 12.3 Å². The highest BCUT2D eigenvalue weighted by molar-refractivity contribution is 7.07. The van der Waals surface area contributed by atoms with Gasteiger partial charge in [0.15, 0.2) is 0 Å². The quantitative estimate of drug-likeness (QED) is 0.846. The first-order valence-corrected chi connectivity index (χ1v) is 7.33. The number of thiophene rings is 1. The summed E-state index contributed by atoms with van der Waals surface area (Å²) in [6.07, 6.45) is -3.40. The lowest BCUT2D eigenvalue weighted by Crippen LogP contribution is -2.21. The molecule has 1 aromatic carbocycles. The van der Waals surface area contributed by atoms with Crippen molar-refractivity contribution < 1.29 is 13.2 Å². The highest BCUT2D eigenvalue weighted by Crippen LogP contribution is 2.30. The zero-order valence-corrected chi connectivity index (χ0v) is 11.9. The summed E-state index contributed by atoms with van der Waals surface area (Å²) in [4.78, 5) is 0. The van der Waals surface area contributed by atoms with E-state index in [-0.39, 0.29) is 6.04 Å². The molecule has 0 spiro atoms. The maximum Gasteiger partial charge on any atom is 0.416 e. The van der Waals surface area contributed by atoms with Crippen molar-refractivity contribution >= 4 is 11.3 Å². The number of halogens is 3. The number of rotatable bonds is 5. The van der Waals surface area contributed by atoms with Gasteiger partial charge in [-0.1, -0.05) is 12.1 Å². The highest BCUT2D eigenvalue weighted by Gasteiger charge is 2.30. The average molecular weight is 299 g/mol. The SMILES string of the molecule is CC(NCCc1ccsc1)c1cccc(C(F)(F)F)c1. The van der Waals surface area contributed by atoms with Crippen molar-refractivity contribution in [3.05, 3.63) is 57.8 Å². The minimum absolute atomic E-state index is 0.101. The lowest BCUT2D eigenvalue weighted by atomic mass is 10.0. The molecule has 0 aliphatic carbocycles. The van der Waals surface area contributed by atoms with Crippen LogP contribution in [0.3, 0.4) is 0 Å². The molecular weight excluding hydrogens is 283 g/mol. The minimum Gasteiger partial charge on any atom is -0.310 e. The molecule has 2 rings (SSSR count). The summed E-state index contributed by atoms with van der Waals surface area (Å²) in [7, 11) is 0. The highest BCUT2D eigenvalue weighted by atomic mass is 32.1. The molecule has 1 atom stereocenters. The monoisotopic (exact) mass is 299 g/mol. The van der Waals surface area contributed by atoms with Gasteiger partial charge in [-0.25, -0.2) is 0 Å². The zero-order valence-electron chi connectivity index (χ0n) is 11.1. The van der Waals surface area contributed by atoms with Crippen LogP contribution in [0.25, 0.3) is 0 Å². The Morgan fingerprint density at radius 1 is 1.25 bits per heavy atom. The third-order valence-electron chi connectivity index (χ3n) is 3.16. The van der Waals surface area contributed by atoms with E-state index in [0.29, 0.717) is 5.56 Å². The number of nitrogens with one attached hydrogen (secondary N) is 1. The van der Waals surface area contributed by atoms with Gasteiger partial charge in [-0.2, -0.15) is 24.5 Å². The first kappa shape index (κ1) is 15.1. The van der Waals surface area contributed by atoms with Crippen LogP contribution in [0.4, 0.5) is 13.2 Å². The number of hydrogen-bond acceptors (Lipinski definition) is 2. The molecule has 1 unspecified atom stereocenters. The third-order valence-corrected chi connectivity index (χ3v) is 3.89. The molecule has 108 valence electrons. The molecule has 0 saturated heterocycles. The second-order valence-electron chi connectivity index (χ2n) is 4.68. The van der Waals surface area contributed by atoms with E-state index in [4.69, 9.17) is 0 Å². The molecule has 0 aliphatic heterocycles. The minimum atomic E-state index is -4.29. The van der Waals surface area contributed by atoms with Crippen molar-refractivity contribution in [2.24, 2.45) is 0 Å². The van der Waals surface area contributed by atoms with Gasteiger partial charge >= 0.3 is 6.18 Å². The molecule has 1 aromatic heterocycles. The molecule has 1 nitrogen and oxygen atoms in total. The molecule has 0 aliphatic rings. The second kappa shape index (κ2) is 6.41. The van der Waals surface area contributed by atoms with Gasteiger partial charge in [0, 0.05) is 6.04 Å². The standard InChI is InChI=1S/C15H16F3NS/c1-11(19-7-5-12-6-8-20-10-12)13-3-2-4-14(9-13)15(16,17)18/h2-4,6,8-11,19H,5,7H2,1H3. The predicted molar refractivity (Wildman–Crippen MR) is 75.9 cm³/mol. The van der Waals surface area contributed by atoms with Crippen LogP contribution in [0, 0.1) is 0 Å². The fourth-order valence-electron chi connectivity index (χ4n) is 1.97. The van der Waals surface area contributed by atoms with Gasteiger partial charge in [0.05, 0.1) is 5.56 Å². The van der Waals surface area contributed by atoms with E-state index < -0.39 is 11.7 Å². The van der Waals surface area contributed by atoms with Gasteiger partial charge in [-0.3, -0.25) is 0 Å². The predicted octanol–water partition coefficient (Wildman–Crippen LogP) is 4.66. The molecule has 20 heavy (non-hydrogen) atoms. The Balaban J connectivity index is 1.93. The molecule has 0 radical (unpaired) electrons. The smallest absolute Gasteiger partial charge is 0.310 e. The van der Waals surface area contributed by atoms with E-state index in [2.05, 4.69) is 16.8 Å². The topological polar surface area (TPSA) is 12.0 Å². The molecule has 2 aromatic rings. The molecule has 0 saturated carbocycles. The fourth-order valence-corrected chi connectivity index (χ4v) is 2.67. The normalized spacial score (nSPS) is 13.4. The first-order chi connectivity index (χ1) is 9.47. The zero-order chi connectivity index (χ0) is 14.6. The summed E-state index contributed by atoms with van der Waals surface area (Å²) in [6, 6.07) is 7.44. The Labute approximate surface area is 120 Å². The summed E-state index contributed by atoms with van der Waals surface area (Å²) in [5.41, 5.74) is 1.31. The van der Waals surface area contributed by atoms with Crippen LogP contribution in [-0.4, -0.2) is 6.54 Å². The Kier molecular flexibility index (Phi) is 4.83. The van der Waals surface area contributed by atoms with E-state index in [9.17, 15) is 13.2 Å². The number of benzene rings is 1. The molecule has 0 fully saturated rings. The van der Waals surface area contributed by atoms with Crippen molar-refractivity contribution in [3.63, 3.8) is 0 Å². The summed E-state index contributed by atoms with van der Waals surface area (Å²) in [6.45, 7) is 2.62. The maximum absolute atomic E-state index is 12.6. The molecule has 5 heteroatoms. The van der Waals surface area contributed by atoms with Crippen molar-refractivity contribution in [1.82, 2.24) is 5.32 Å². The van der Waals surface area contributed by atoms with E-state index in [1.54, 1.807) is 17.4 Å². The van der Waals surface area contributed by atoms with E-state index in [1.165, 1.54) is 17.7 Å². The van der Waals surface area contributed by atoms with Crippen LogP contribution in [0.1, 0.15) is 29.7 Å². The second-order valence-corrected chi connectivity index (χ2v) is 5.46. The van der Waals surface area contributed by atoms with Crippen molar-refractivity contribution in [1.29, 1.82) is 0 Å². The van der Waals surface area contributed by atoms with Crippen LogP contribution in [-0.2, 0) is 12.6 Å². The summed E-state index contributed by atoms with van der Waals surface area (Å²) in [5, 5.41) is 7.35. The van der Waals surface area contributed by atoms with Crippen LogP contribution >= 0.6 is 11.3 Å². The third kappa shape index (κ3) is 4.08. The van der Waals surface area contributed by atoms with Crippen LogP contribution < -0.4 is 5.32 Å². The van der Waals surface area contributed by atoms with Crippen molar-refractivity contribution in [2.75, 3.05) is 6.54 Å². The maximum atomic E-state index is 12.6. The van der Waals surface area contributed by atoms with Gasteiger partial charge in [0.25, 0.3) is 0 Å². The lowest BCUT2D eigenvalue weighted by Gasteiger charge is -2.16. The molecule has 1 N–H and O–H groups in total. The summed E-state index contributed by atoms with van der Waals surface area (Å²) < 4.78 is 37.9. The lowest BCUT2D eigenvalue weighted by molar-refractivity contribution is -0.137. The van der Waals surface area contributed by atoms with Gasteiger partial charge < -0.3 is 5.32 Å². The van der Waals surface area contributed by atoms with Gasteiger partial charge in [-0.15, -0.1) is 0 Å². The Morgan fingerprint density at radius 2 is 2.05 bits per heavy atom.